The van der Waals surface area contributed by atoms with Gasteiger partial charge in [0.1, 0.15) is 0 Å². The zero-order chi connectivity index (χ0) is 18.1. The highest BCUT2D eigenvalue weighted by Crippen LogP contribution is 2.32. The Kier molecular flexibility index (Phi) is 5.03. The summed E-state index contributed by atoms with van der Waals surface area (Å²) >= 11 is 0. The molecule has 1 aromatic heterocycles. The lowest BCUT2D eigenvalue weighted by Crippen LogP contribution is -2.10. The molecule has 0 saturated heterocycles. The molecule has 2 aromatic rings. The summed E-state index contributed by atoms with van der Waals surface area (Å²) in [6.45, 7) is 5.23. The topological polar surface area (TPSA) is 47.0 Å². The molecule has 2 rings (SSSR count). The summed E-state index contributed by atoms with van der Waals surface area (Å²) in [6.07, 6.45) is -2.92. The maximum absolute atomic E-state index is 12.6. The molecule has 0 N–H and O–H groups in total. The second-order valence-corrected chi connectivity index (χ2v) is 7.99. The highest BCUT2D eigenvalue weighted by Gasteiger charge is 2.30. The molecule has 0 aliphatic heterocycles. The Hall–Kier alpha value is -1.89. The van der Waals surface area contributed by atoms with Crippen molar-refractivity contribution in [3.05, 3.63) is 47.8 Å². The predicted molar refractivity (Wildman–Crippen MR) is 86.5 cm³/mol. The molecule has 1 aromatic carbocycles. The molecule has 0 amide bonds. The summed E-state index contributed by atoms with van der Waals surface area (Å²) in [5, 5.41) is 0. The lowest BCUT2D eigenvalue weighted by molar-refractivity contribution is -0.137. The quantitative estimate of drug-likeness (QED) is 0.798. The van der Waals surface area contributed by atoms with E-state index in [0.717, 1.165) is 12.1 Å². The molecule has 0 radical (unpaired) electrons. The molecular formula is C17H18F3NO2S. The van der Waals surface area contributed by atoms with Gasteiger partial charge in [-0.3, -0.25) is 4.98 Å². The van der Waals surface area contributed by atoms with Gasteiger partial charge >= 0.3 is 6.18 Å². The van der Waals surface area contributed by atoms with Crippen LogP contribution in [0, 0.1) is 0 Å². The normalized spacial score (nSPS) is 12.6. The Morgan fingerprint density at radius 2 is 1.67 bits per heavy atom. The van der Waals surface area contributed by atoms with E-state index < -0.39 is 21.6 Å². The van der Waals surface area contributed by atoms with Gasteiger partial charge in [0.25, 0.3) is 0 Å². The van der Waals surface area contributed by atoms with Crippen molar-refractivity contribution in [2.45, 2.75) is 37.8 Å². The van der Waals surface area contributed by atoms with Gasteiger partial charge in [-0.1, -0.05) is 32.9 Å². The number of alkyl halides is 3. The number of hydrogen-bond donors (Lipinski definition) is 0. The Morgan fingerprint density at radius 1 is 1.08 bits per heavy atom. The average Bonchev–Trinajstić information content (AvgIpc) is 2.53. The fraction of sp³-hybridized carbons (Fsp3) is 0.353. The number of sulfone groups is 1. The van der Waals surface area contributed by atoms with Crippen molar-refractivity contribution < 1.29 is 21.6 Å². The van der Waals surface area contributed by atoms with Crippen LogP contribution in [0.15, 0.2) is 41.4 Å². The highest BCUT2D eigenvalue weighted by molar-refractivity contribution is 7.91. The molecule has 0 atom stereocenters. The first-order valence-electron chi connectivity index (χ1n) is 7.46. The maximum Gasteiger partial charge on any atom is 0.416 e. The second kappa shape index (κ2) is 6.55. The summed E-state index contributed by atoms with van der Waals surface area (Å²) in [7, 11) is -3.48. The minimum Gasteiger partial charge on any atom is -0.259 e. The Labute approximate surface area is 139 Å². The molecule has 0 bridgehead atoms. The van der Waals surface area contributed by atoms with E-state index in [2.05, 4.69) is 4.98 Å². The van der Waals surface area contributed by atoms with Crippen LogP contribution in [0.1, 0.15) is 37.9 Å². The second-order valence-electron chi connectivity index (χ2n) is 5.74. The van der Waals surface area contributed by atoms with Crippen LogP contribution in [-0.4, -0.2) is 19.2 Å². The van der Waals surface area contributed by atoms with E-state index in [-0.39, 0.29) is 16.6 Å². The number of benzene rings is 1. The molecule has 0 aliphatic rings. The Morgan fingerprint density at radius 3 is 2.12 bits per heavy atom. The highest BCUT2D eigenvalue weighted by atomic mass is 32.2. The van der Waals surface area contributed by atoms with Gasteiger partial charge in [-0.15, -0.1) is 0 Å². The van der Waals surface area contributed by atoms with Gasteiger partial charge in [0.2, 0.25) is 0 Å². The average molecular weight is 357 g/mol. The molecule has 0 spiro atoms. The number of aromatic nitrogens is 1. The van der Waals surface area contributed by atoms with Crippen molar-refractivity contribution in [1.82, 2.24) is 4.98 Å². The minimum atomic E-state index is -4.41. The van der Waals surface area contributed by atoms with Crippen LogP contribution in [-0.2, 0) is 16.0 Å². The molecular weight excluding hydrogens is 339 g/mol. The van der Waals surface area contributed by atoms with E-state index >= 15 is 0 Å². The zero-order valence-electron chi connectivity index (χ0n) is 13.6. The van der Waals surface area contributed by atoms with E-state index in [1.54, 1.807) is 6.92 Å². The molecule has 1 heterocycles. The summed E-state index contributed by atoms with van der Waals surface area (Å²) in [6, 6.07) is 6.07. The Bertz CT molecular complexity index is 826. The van der Waals surface area contributed by atoms with Crippen LogP contribution in [0.3, 0.4) is 0 Å². The van der Waals surface area contributed by atoms with Crippen LogP contribution < -0.4 is 0 Å². The first kappa shape index (κ1) is 18.4. The molecule has 3 nitrogen and oxygen atoms in total. The van der Waals surface area contributed by atoms with Crippen LogP contribution in [0.2, 0.25) is 0 Å². The molecule has 0 unspecified atom stereocenters. The molecule has 130 valence electrons. The van der Waals surface area contributed by atoms with E-state index in [9.17, 15) is 21.6 Å². The summed E-state index contributed by atoms with van der Waals surface area (Å²) in [5.74, 6) is -0.145. The summed E-state index contributed by atoms with van der Waals surface area (Å²) in [4.78, 5) is 4.38. The van der Waals surface area contributed by atoms with E-state index in [1.807, 2.05) is 13.8 Å². The SMILES string of the molecule is CCS(=O)(=O)c1cc(-c2ccc(C(F)(F)F)cc2)cnc1C(C)C. The van der Waals surface area contributed by atoms with Crippen molar-refractivity contribution >= 4 is 9.84 Å². The van der Waals surface area contributed by atoms with Gasteiger partial charge in [0, 0.05) is 11.8 Å². The van der Waals surface area contributed by atoms with Crippen LogP contribution in [0.25, 0.3) is 11.1 Å². The smallest absolute Gasteiger partial charge is 0.259 e. The number of rotatable bonds is 4. The van der Waals surface area contributed by atoms with Crippen LogP contribution in [0.5, 0.6) is 0 Å². The molecule has 0 fully saturated rings. The number of hydrogen-bond acceptors (Lipinski definition) is 3. The zero-order valence-corrected chi connectivity index (χ0v) is 14.4. The fourth-order valence-corrected chi connectivity index (χ4v) is 3.53. The largest absolute Gasteiger partial charge is 0.416 e. The van der Waals surface area contributed by atoms with Crippen molar-refractivity contribution in [3.63, 3.8) is 0 Å². The first-order valence-corrected chi connectivity index (χ1v) is 9.12. The van der Waals surface area contributed by atoms with Crippen molar-refractivity contribution in [1.29, 1.82) is 0 Å². The minimum absolute atomic E-state index is 0.0646. The van der Waals surface area contributed by atoms with Gasteiger partial charge < -0.3 is 0 Å². The van der Waals surface area contributed by atoms with Gasteiger partial charge in [-0.05, 0) is 29.7 Å². The van der Waals surface area contributed by atoms with E-state index in [0.29, 0.717) is 16.8 Å². The van der Waals surface area contributed by atoms with E-state index in [4.69, 9.17) is 0 Å². The van der Waals surface area contributed by atoms with Crippen LogP contribution >= 0.6 is 0 Å². The van der Waals surface area contributed by atoms with Gasteiger partial charge in [0.15, 0.2) is 9.84 Å². The van der Waals surface area contributed by atoms with Gasteiger partial charge in [0.05, 0.1) is 21.9 Å². The third kappa shape index (κ3) is 3.77. The number of halogens is 3. The lowest BCUT2D eigenvalue weighted by atomic mass is 10.0. The summed E-state index contributed by atoms with van der Waals surface area (Å²) < 4.78 is 62.5. The number of pyridine rings is 1. The van der Waals surface area contributed by atoms with E-state index in [1.165, 1.54) is 24.4 Å². The monoisotopic (exact) mass is 357 g/mol. The lowest BCUT2D eigenvalue weighted by Gasteiger charge is -2.14. The molecule has 0 aliphatic carbocycles. The standard InChI is InChI=1S/C17H18F3NO2S/c1-4-24(22,23)15-9-13(10-21-16(15)11(2)3)12-5-7-14(8-6-12)17(18,19)20/h5-11H,4H2,1-3H3. The summed E-state index contributed by atoms with van der Waals surface area (Å²) in [5.41, 5.74) is 0.672. The predicted octanol–water partition coefficient (Wildman–Crippen LogP) is 4.68. The Balaban J connectivity index is 2.55. The number of nitrogens with zero attached hydrogens (tertiary/aromatic N) is 1. The van der Waals surface area contributed by atoms with Crippen LogP contribution in [0.4, 0.5) is 13.2 Å². The van der Waals surface area contributed by atoms with Crippen molar-refractivity contribution in [2.24, 2.45) is 0 Å². The van der Waals surface area contributed by atoms with Crippen molar-refractivity contribution in [2.75, 3.05) is 5.75 Å². The fourth-order valence-electron chi connectivity index (χ4n) is 2.30. The van der Waals surface area contributed by atoms with Gasteiger partial charge in [-0.2, -0.15) is 13.2 Å². The van der Waals surface area contributed by atoms with Crippen molar-refractivity contribution in [3.8, 4) is 11.1 Å². The first-order chi connectivity index (χ1) is 11.1. The third-order valence-corrected chi connectivity index (χ3v) is 5.45. The molecule has 7 heteroatoms. The third-order valence-electron chi connectivity index (χ3n) is 3.69. The maximum atomic E-state index is 12.6. The molecule has 24 heavy (non-hydrogen) atoms. The van der Waals surface area contributed by atoms with Gasteiger partial charge in [-0.25, -0.2) is 8.42 Å². The molecule has 0 saturated carbocycles.